The second-order valence-corrected chi connectivity index (χ2v) is 7.62. The van der Waals surface area contributed by atoms with Crippen molar-refractivity contribution in [2.45, 2.75) is 33.0 Å². The molecule has 0 unspecified atom stereocenters. The van der Waals surface area contributed by atoms with Gasteiger partial charge in [0, 0.05) is 12.6 Å². The Morgan fingerprint density at radius 2 is 1.69 bits per heavy atom. The third-order valence-electron chi connectivity index (χ3n) is 4.58. The van der Waals surface area contributed by atoms with E-state index in [2.05, 4.69) is 40.3 Å². The zero-order chi connectivity index (χ0) is 20.6. The van der Waals surface area contributed by atoms with E-state index in [1.165, 1.54) is 17.7 Å². The van der Waals surface area contributed by atoms with E-state index >= 15 is 0 Å². The molecule has 3 rings (SSSR count). The minimum Gasteiger partial charge on any atom is -0.490 e. The third kappa shape index (κ3) is 6.05. The van der Waals surface area contributed by atoms with E-state index in [0.717, 1.165) is 15.6 Å². The highest BCUT2D eigenvalue weighted by atomic mass is 79.9. The molecule has 1 N–H and O–H groups in total. The molecule has 0 aromatic heterocycles. The summed E-state index contributed by atoms with van der Waals surface area (Å²) in [4.78, 5) is 0. The molecule has 29 heavy (non-hydrogen) atoms. The number of hydrogen-bond donors (Lipinski definition) is 1. The molecular weight excluding hydrogens is 433 g/mol. The van der Waals surface area contributed by atoms with Crippen molar-refractivity contribution in [1.29, 1.82) is 0 Å². The Kier molecular flexibility index (Phi) is 7.67. The Hall–Kier alpha value is -2.37. The van der Waals surface area contributed by atoms with Crippen molar-refractivity contribution in [2.24, 2.45) is 0 Å². The molecule has 3 aromatic carbocycles. The second-order valence-electron chi connectivity index (χ2n) is 6.77. The summed E-state index contributed by atoms with van der Waals surface area (Å²) in [5.74, 6) is 1.08. The first kappa shape index (κ1) is 21.3. The van der Waals surface area contributed by atoms with Crippen LogP contribution in [-0.4, -0.2) is 6.61 Å². The van der Waals surface area contributed by atoms with Gasteiger partial charge in [0.25, 0.3) is 0 Å². The van der Waals surface area contributed by atoms with Crippen LogP contribution in [0.5, 0.6) is 11.5 Å². The van der Waals surface area contributed by atoms with E-state index in [9.17, 15) is 4.39 Å². The van der Waals surface area contributed by atoms with Crippen molar-refractivity contribution in [3.63, 3.8) is 0 Å². The molecule has 152 valence electrons. The van der Waals surface area contributed by atoms with Gasteiger partial charge >= 0.3 is 0 Å². The zero-order valence-electron chi connectivity index (χ0n) is 16.6. The first-order valence-electron chi connectivity index (χ1n) is 9.67. The summed E-state index contributed by atoms with van der Waals surface area (Å²) in [6, 6.07) is 20.9. The topological polar surface area (TPSA) is 30.5 Å². The Morgan fingerprint density at radius 1 is 0.966 bits per heavy atom. The minimum absolute atomic E-state index is 0.236. The summed E-state index contributed by atoms with van der Waals surface area (Å²) in [6.45, 7) is 5.67. The summed E-state index contributed by atoms with van der Waals surface area (Å²) in [7, 11) is 0. The number of benzene rings is 3. The molecule has 0 aliphatic rings. The smallest absolute Gasteiger partial charge is 0.175 e. The molecular formula is C24H25BrFNO2. The Balaban J connectivity index is 1.70. The fourth-order valence-electron chi connectivity index (χ4n) is 2.99. The van der Waals surface area contributed by atoms with Crippen LogP contribution < -0.4 is 14.8 Å². The average Bonchev–Trinajstić information content (AvgIpc) is 2.73. The molecule has 0 fully saturated rings. The van der Waals surface area contributed by atoms with E-state index in [1.807, 2.05) is 37.3 Å². The van der Waals surface area contributed by atoms with Crippen molar-refractivity contribution < 1.29 is 13.9 Å². The molecule has 0 amide bonds. The van der Waals surface area contributed by atoms with E-state index in [1.54, 1.807) is 12.1 Å². The van der Waals surface area contributed by atoms with Crippen LogP contribution in [0, 0.1) is 5.82 Å². The number of halogens is 2. The minimum atomic E-state index is -0.258. The SMILES string of the molecule is CCOc1cc(CN[C@@H](C)c2ccccc2)cc(Br)c1OCc1ccc(F)cc1. The van der Waals surface area contributed by atoms with Gasteiger partial charge in [-0.25, -0.2) is 4.39 Å². The quantitative estimate of drug-likeness (QED) is 0.402. The molecule has 0 radical (unpaired) electrons. The van der Waals surface area contributed by atoms with Gasteiger partial charge in [0.1, 0.15) is 12.4 Å². The maximum Gasteiger partial charge on any atom is 0.175 e. The van der Waals surface area contributed by atoms with Crippen LogP contribution in [0.15, 0.2) is 71.2 Å². The van der Waals surface area contributed by atoms with Gasteiger partial charge in [-0.2, -0.15) is 0 Å². The molecule has 0 saturated carbocycles. The van der Waals surface area contributed by atoms with Gasteiger partial charge in [-0.05, 0) is 70.7 Å². The number of nitrogens with one attached hydrogen (secondary N) is 1. The van der Waals surface area contributed by atoms with Gasteiger partial charge in [-0.1, -0.05) is 42.5 Å². The van der Waals surface area contributed by atoms with Gasteiger partial charge in [0.2, 0.25) is 0 Å². The van der Waals surface area contributed by atoms with Crippen LogP contribution in [0.1, 0.15) is 36.6 Å². The lowest BCUT2D eigenvalue weighted by Crippen LogP contribution is -2.18. The summed E-state index contributed by atoms with van der Waals surface area (Å²) < 4.78 is 25.7. The highest BCUT2D eigenvalue weighted by Gasteiger charge is 2.14. The molecule has 0 spiro atoms. The normalized spacial score (nSPS) is 11.9. The van der Waals surface area contributed by atoms with Crippen molar-refractivity contribution in [2.75, 3.05) is 6.61 Å². The molecule has 0 aliphatic heterocycles. The molecule has 0 heterocycles. The van der Waals surface area contributed by atoms with Gasteiger partial charge in [0.15, 0.2) is 11.5 Å². The molecule has 1 atom stereocenters. The summed E-state index contributed by atoms with van der Waals surface area (Å²) >= 11 is 3.61. The lowest BCUT2D eigenvalue weighted by Gasteiger charge is -2.18. The first-order chi connectivity index (χ1) is 14.1. The monoisotopic (exact) mass is 457 g/mol. The van der Waals surface area contributed by atoms with Gasteiger partial charge in [-0.15, -0.1) is 0 Å². The van der Waals surface area contributed by atoms with Gasteiger partial charge < -0.3 is 14.8 Å². The summed E-state index contributed by atoms with van der Waals surface area (Å²) in [5, 5.41) is 3.54. The van der Waals surface area contributed by atoms with E-state index in [0.29, 0.717) is 31.3 Å². The lowest BCUT2D eigenvalue weighted by molar-refractivity contribution is 0.267. The zero-order valence-corrected chi connectivity index (χ0v) is 18.2. The maximum absolute atomic E-state index is 13.1. The van der Waals surface area contributed by atoms with Crippen LogP contribution in [0.3, 0.4) is 0 Å². The van der Waals surface area contributed by atoms with Gasteiger partial charge in [-0.3, -0.25) is 0 Å². The molecule has 5 heteroatoms. The number of ether oxygens (including phenoxy) is 2. The number of rotatable bonds is 9. The molecule has 0 saturated heterocycles. The fraction of sp³-hybridized carbons (Fsp3) is 0.250. The molecule has 0 bridgehead atoms. The van der Waals surface area contributed by atoms with Crippen LogP contribution in [0.4, 0.5) is 4.39 Å². The van der Waals surface area contributed by atoms with E-state index in [-0.39, 0.29) is 11.9 Å². The Morgan fingerprint density at radius 3 is 2.38 bits per heavy atom. The van der Waals surface area contributed by atoms with E-state index < -0.39 is 0 Å². The molecule has 3 nitrogen and oxygen atoms in total. The average molecular weight is 458 g/mol. The Bertz CT molecular complexity index is 916. The summed E-state index contributed by atoms with van der Waals surface area (Å²) in [6.07, 6.45) is 0. The maximum atomic E-state index is 13.1. The predicted octanol–water partition coefficient (Wildman–Crippen LogP) is 6.42. The summed E-state index contributed by atoms with van der Waals surface area (Å²) in [5.41, 5.74) is 3.23. The van der Waals surface area contributed by atoms with Crippen LogP contribution in [0.2, 0.25) is 0 Å². The second kappa shape index (κ2) is 10.4. The van der Waals surface area contributed by atoms with Crippen LogP contribution >= 0.6 is 15.9 Å². The highest BCUT2D eigenvalue weighted by molar-refractivity contribution is 9.10. The largest absolute Gasteiger partial charge is 0.490 e. The lowest BCUT2D eigenvalue weighted by atomic mass is 10.1. The predicted molar refractivity (Wildman–Crippen MR) is 118 cm³/mol. The van der Waals surface area contributed by atoms with Crippen molar-refractivity contribution in [1.82, 2.24) is 5.32 Å². The van der Waals surface area contributed by atoms with Crippen molar-refractivity contribution in [3.8, 4) is 11.5 Å². The number of hydrogen-bond acceptors (Lipinski definition) is 3. The third-order valence-corrected chi connectivity index (χ3v) is 5.17. The van der Waals surface area contributed by atoms with E-state index in [4.69, 9.17) is 9.47 Å². The molecule has 0 aliphatic carbocycles. The standard InChI is InChI=1S/C24H25BrFNO2/c1-3-28-23-14-19(15-27-17(2)20-7-5-4-6-8-20)13-22(25)24(23)29-16-18-9-11-21(26)12-10-18/h4-14,17,27H,3,15-16H2,1-2H3/t17-/m0/s1. The van der Waals surface area contributed by atoms with Crippen LogP contribution in [0.25, 0.3) is 0 Å². The first-order valence-corrected chi connectivity index (χ1v) is 10.5. The highest BCUT2D eigenvalue weighted by Crippen LogP contribution is 2.37. The Labute approximate surface area is 180 Å². The van der Waals surface area contributed by atoms with Crippen LogP contribution in [-0.2, 0) is 13.2 Å². The molecule has 3 aromatic rings. The fourth-order valence-corrected chi connectivity index (χ4v) is 3.60. The van der Waals surface area contributed by atoms with Crippen molar-refractivity contribution >= 4 is 15.9 Å². The van der Waals surface area contributed by atoms with Crippen molar-refractivity contribution in [3.05, 3.63) is 93.7 Å². The van der Waals surface area contributed by atoms with Gasteiger partial charge in [0.05, 0.1) is 11.1 Å².